The first-order valence-corrected chi connectivity index (χ1v) is 10.2. The molecule has 1 heterocycles. The summed E-state index contributed by atoms with van der Waals surface area (Å²) < 4.78 is 11.2. The molecule has 2 aromatic rings. The summed E-state index contributed by atoms with van der Waals surface area (Å²) in [5, 5.41) is 2.96. The quantitative estimate of drug-likeness (QED) is 0.734. The van der Waals surface area contributed by atoms with Gasteiger partial charge in [-0.2, -0.15) is 0 Å². The van der Waals surface area contributed by atoms with E-state index in [1.807, 2.05) is 26.0 Å². The van der Waals surface area contributed by atoms with Crippen LogP contribution in [0.4, 0.5) is 11.4 Å². The van der Waals surface area contributed by atoms with E-state index < -0.39 is 0 Å². The molecule has 5 nitrogen and oxygen atoms in total. The zero-order valence-electron chi connectivity index (χ0n) is 17.0. The van der Waals surface area contributed by atoms with E-state index in [0.29, 0.717) is 30.3 Å². The van der Waals surface area contributed by atoms with E-state index in [0.717, 1.165) is 24.7 Å². The maximum absolute atomic E-state index is 12.6. The van der Waals surface area contributed by atoms with Crippen molar-refractivity contribution in [1.29, 1.82) is 0 Å². The molecule has 0 saturated carbocycles. The highest BCUT2D eigenvalue weighted by atomic mass is 16.5. The Kier molecular flexibility index (Phi) is 6.80. The van der Waals surface area contributed by atoms with Crippen LogP contribution < -0.4 is 19.7 Å². The molecule has 0 aromatic heterocycles. The van der Waals surface area contributed by atoms with Gasteiger partial charge in [-0.1, -0.05) is 6.92 Å². The Morgan fingerprint density at radius 2 is 1.64 bits per heavy atom. The monoisotopic (exact) mass is 382 g/mol. The van der Waals surface area contributed by atoms with Crippen LogP contribution in [0, 0.1) is 5.92 Å². The third-order valence-corrected chi connectivity index (χ3v) is 5.08. The summed E-state index contributed by atoms with van der Waals surface area (Å²) >= 11 is 0. The summed E-state index contributed by atoms with van der Waals surface area (Å²) in [7, 11) is 0. The summed E-state index contributed by atoms with van der Waals surface area (Å²) in [6.07, 6.45) is 2.47. The van der Waals surface area contributed by atoms with Crippen molar-refractivity contribution in [2.45, 2.75) is 33.6 Å². The lowest BCUT2D eigenvalue weighted by atomic mass is 9.99. The number of ether oxygens (including phenoxy) is 2. The van der Waals surface area contributed by atoms with Crippen molar-refractivity contribution >= 4 is 17.3 Å². The van der Waals surface area contributed by atoms with Crippen LogP contribution in [0.1, 0.15) is 44.0 Å². The summed E-state index contributed by atoms with van der Waals surface area (Å²) in [4.78, 5) is 15.1. The number of amides is 1. The van der Waals surface area contributed by atoms with Gasteiger partial charge in [0.15, 0.2) is 11.5 Å². The second kappa shape index (κ2) is 9.49. The lowest BCUT2D eigenvalue weighted by Crippen LogP contribution is -2.32. The van der Waals surface area contributed by atoms with Crippen molar-refractivity contribution < 1.29 is 14.3 Å². The number of anilines is 2. The minimum atomic E-state index is -0.163. The van der Waals surface area contributed by atoms with E-state index in [2.05, 4.69) is 29.3 Å². The average molecular weight is 383 g/mol. The number of nitrogens with zero attached hydrogens (tertiary/aromatic N) is 1. The number of carbonyl (C=O) groups is 1. The maximum Gasteiger partial charge on any atom is 0.255 e. The molecule has 0 atom stereocenters. The predicted molar refractivity (Wildman–Crippen MR) is 114 cm³/mol. The molecule has 0 aliphatic carbocycles. The highest BCUT2D eigenvalue weighted by molar-refractivity contribution is 6.04. The van der Waals surface area contributed by atoms with E-state index >= 15 is 0 Å². The van der Waals surface area contributed by atoms with Gasteiger partial charge in [-0.3, -0.25) is 4.79 Å². The Morgan fingerprint density at radius 1 is 1.00 bits per heavy atom. The van der Waals surface area contributed by atoms with Crippen LogP contribution in [0.15, 0.2) is 42.5 Å². The molecule has 0 spiro atoms. The molecule has 0 radical (unpaired) electrons. The Bertz CT molecular complexity index is 781. The molecule has 1 fully saturated rings. The Morgan fingerprint density at radius 3 is 2.29 bits per heavy atom. The van der Waals surface area contributed by atoms with Crippen molar-refractivity contribution in [1.82, 2.24) is 0 Å². The van der Waals surface area contributed by atoms with Gasteiger partial charge in [0, 0.05) is 30.0 Å². The van der Waals surface area contributed by atoms with Crippen LogP contribution in [0.25, 0.3) is 0 Å². The number of hydrogen-bond acceptors (Lipinski definition) is 4. The minimum absolute atomic E-state index is 0.163. The largest absolute Gasteiger partial charge is 0.490 e. The molecule has 1 amide bonds. The summed E-state index contributed by atoms with van der Waals surface area (Å²) in [5.41, 5.74) is 2.54. The van der Waals surface area contributed by atoms with Gasteiger partial charge in [-0.15, -0.1) is 0 Å². The van der Waals surface area contributed by atoms with Gasteiger partial charge in [0.1, 0.15) is 0 Å². The second-order valence-corrected chi connectivity index (χ2v) is 7.20. The van der Waals surface area contributed by atoms with Gasteiger partial charge in [-0.05, 0) is 75.1 Å². The number of nitrogens with one attached hydrogen (secondary N) is 1. The molecular weight excluding hydrogens is 352 g/mol. The molecule has 0 bridgehead atoms. The zero-order valence-corrected chi connectivity index (χ0v) is 17.0. The van der Waals surface area contributed by atoms with E-state index in [1.54, 1.807) is 18.2 Å². The Labute approximate surface area is 167 Å². The Hall–Kier alpha value is -2.69. The summed E-state index contributed by atoms with van der Waals surface area (Å²) in [6.45, 7) is 9.40. The molecular formula is C23H30N2O3. The molecule has 1 saturated heterocycles. The summed E-state index contributed by atoms with van der Waals surface area (Å²) in [6, 6.07) is 13.3. The van der Waals surface area contributed by atoms with Gasteiger partial charge in [0.2, 0.25) is 0 Å². The number of carbonyl (C=O) groups excluding carboxylic acids is 1. The number of piperidine rings is 1. The van der Waals surface area contributed by atoms with Crippen molar-refractivity contribution in [2.75, 3.05) is 36.5 Å². The molecule has 3 rings (SSSR count). The van der Waals surface area contributed by atoms with E-state index in [-0.39, 0.29) is 5.91 Å². The standard InChI is InChI=1S/C23H30N2O3/c1-4-27-21-11-6-18(16-22(21)28-5-2)23(26)24-19-7-9-20(10-8-19)25-14-12-17(3)13-15-25/h6-11,16-17H,4-5,12-15H2,1-3H3,(H,24,26). The highest BCUT2D eigenvalue weighted by Crippen LogP contribution is 2.29. The van der Waals surface area contributed by atoms with Gasteiger partial charge >= 0.3 is 0 Å². The van der Waals surface area contributed by atoms with Gasteiger partial charge < -0.3 is 19.7 Å². The zero-order chi connectivity index (χ0) is 19.9. The first-order chi connectivity index (χ1) is 13.6. The molecule has 1 aliphatic rings. The van der Waals surface area contributed by atoms with Gasteiger partial charge in [0.05, 0.1) is 13.2 Å². The fourth-order valence-electron chi connectivity index (χ4n) is 3.42. The first-order valence-electron chi connectivity index (χ1n) is 10.2. The van der Waals surface area contributed by atoms with Crippen LogP contribution in [0.3, 0.4) is 0 Å². The fourth-order valence-corrected chi connectivity index (χ4v) is 3.42. The average Bonchev–Trinajstić information content (AvgIpc) is 2.71. The third kappa shape index (κ3) is 4.97. The Balaban J connectivity index is 1.66. The van der Waals surface area contributed by atoms with Crippen LogP contribution in [0.2, 0.25) is 0 Å². The second-order valence-electron chi connectivity index (χ2n) is 7.20. The molecule has 0 unspecified atom stereocenters. The molecule has 150 valence electrons. The molecule has 5 heteroatoms. The van der Waals surface area contributed by atoms with Crippen molar-refractivity contribution in [2.24, 2.45) is 5.92 Å². The smallest absolute Gasteiger partial charge is 0.255 e. The highest BCUT2D eigenvalue weighted by Gasteiger charge is 2.16. The van der Waals surface area contributed by atoms with Crippen LogP contribution in [0.5, 0.6) is 11.5 Å². The maximum atomic E-state index is 12.6. The van der Waals surface area contributed by atoms with Crippen LogP contribution in [-0.4, -0.2) is 32.2 Å². The van der Waals surface area contributed by atoms with Gasteiger partial charge in [-0.25, -0.2) is 0 Å². The van der Waals surface area contributed by atoms with Crippen molar-refractivity contribution in [3.63, 3.8) is 0 Å². The molecule has 2 aromatic carbocycles. The third-order valence-electron chi connectivity index (χ3n) is 5.08. The molecule has 1 aliphatic heterocycles. The minimum Gasteiger partial charge on any atom is -0.490 e. The number of hydrogen-bond donors (Lipinski definition) is 1. The van der Waals surface area contributed by atoms with Crippen molar-refractivity contribution in [3.05, 3.63) is 48.0 Å². The van der Waals surface area contributed by atoms with E-state index in [1.165, 1.54) is 18.5 Å². The van der Waals surface area contributed by atoms with Gasteiger partial charge in [0.25, 0.3) is 5.91 Å². The van der Waals surface area contributed by atoms with E-state index in [4.69, 9.17) is 9.47 Å². The van der Waals surface area contributed by atoms with Crippen LogP contribution in [-0.2, 0) is 0 Å². The fraction of sp³-hybridized carbons (Fsp3) is 0.435. The predicted octanol–water partition coefficient (Wildman–Crippen LogP) is 4.97. The lowest BCUT2D eigenvalue weighted by molar-refractivity contribution is 0.102. The molecule has 28 heavy (non-hydrogen) atoms. The number of rotatable bonds is 7. The lowest BCUT2D eigenvalue weighted by Gasteiger charge is -2.32. The van der Waals surface area contributed by atoms with Crippen LogP contribution >= 0.6 is 0 Å². The topological polar surface area (TPSA) is 50.8 Å². The molecule has 1 N–H and O–H groups in total. The number of benzene rings is 2. The SMILES string of the molecule is CCOc1ccc(C(=O)Nc2ccc(N3CCC(C)CC3)cc2)cc1OCC. The van der Waals surface area contributed by atoms with Crippen molar-refractivity contribution in [3.8, 4) is 11.5 Å². The summed E-state index contributed by atoms with van der Waals surface area (Å²) in [5.74, 6) is 1.89. The first kappa shape index (κ1) is 20.1. The normalized spacial score (nSPS) is 14.6. The van der Waals surface area contributed by atoms with E-state index in [9.17, 15) is 4.79 Å².